The van der Waals surface area contributed by atoms with Gasteiger partial charge in [0.05, 0.1) is 10.9 Å². The fraction of sp³-hybridized carbons (Fsp3) is 0.524. The molecule has 2 aromatic rings. The van der Waals surface area contributed by atoms with E-state index >= 15 is 0 Å². The number of primary amides is 1. The molecule has 0 spiro atoms. The van der Waals surface area contributed by atoms with Gasteiger partial charge in [0, 0.05) is 12.2 Å². The number of aryl methyl sites for hydroxylation is 1. The number of rotatable bonds is 7. The zero-order valence-electron chi connectivity index (χ0n) is 17.6. The molecule has 0 radical (unpaired) electrons. The number of fused-ring (bicyclic) bond motifs is 1. The van der Waals surface area contributed by atoms with Gasteiger partial charge in [0.25, 0.3) is 0 Å². The van der Waals surface area contributed by atoms with Gasteiger partial charge in [-0.1, -0.05) is 20.8 Å². The van der Waals surface area contributed by atoms with E-state index in [4.69, 9.17) is 15.9 Å². The maximum Gasteiger partial charge on any atom is 0.348 e. The maximum absolute atomic E-state index is 12.9. The van der Waals surface area contributed by atoms with E-state index in [1.54, 1.807) is 17.0 Å². The zero-order chi connectivity index (χ0) is 22.0. The molecule has 2 amide bonds. The van der Waals surface area contributed by atoms with Crippen LogP contribution in [0.1, 0.15) is 45.6 Å². The second-order valence-electron chi connectivity index (χ2n) is 8.16. The summed E-state index contributed by atoms with van der Waals surface area (Å²) in [7, 11) is 0. The van der Waals surface area contributed by atoms with Crippen molar-refractivity contribution in [3.8, 4) is 0 Å². The first kappa shape index (κ1) is 21.6. The summed E-state index contributed by atoms with van der Waals surface area (Å²) in [6, 6.07) is 2.11. The van der Waals surface area contributed by atoms with Crippen molar-refractivity contribution < 1.29 is 14.0 Å². The molecule has 2 atom stereocenters. The van der Waals surface area contributed by atoms with Crippen LogP contribution in [0.4, 0.5) is 11.7 Å². The Balaban J connectivity index is 1.91. The van der Waals surface area contributed by atoms with E-state index in [2.05, 4.69) is 10.3 Å². The van der Waals surface area contributed by atoms with Crippen LogP contribution < -0.4 is 27.3 Å². The van der Waals surface area contributed by atoms with E-state index < -0.39 is 23.6 Å². The quantitative estimate of drug-likeness (QED) is 0.578. The lowest BCUT2D eigenvalue weighted by atomic mass is 10.0. The number of nitrogens with one attached hydrogen (secondary N) is 1. The molecule has 0 saturated carbocycles. The van der Waals surface area contributed by atoms with Gasteiger partial charge in [-0.15, -0.1) is 0 Å². The third-order valence-corrected chi connectivity index (χ3v) is 5.37. The second-order valence-corrected chi connectivity index (χ2v) is 8.16. The van der Waals surface area contributed by atoms with Crippen LogP contribution in [0.15, 0.2) is 21.3 Å². The molecule has 0 aliphatic carbocycles. The molecule has 3 rings (SSSR count). The highest BCUT2D eigenvalue weighted by Crippen LogP contribution is 2.27. The third-order valence-electron chi connectivity index (χ3n) is 5.37. The molecule has 1 aliphatic rings. The minimum atomic E-state index is -0.747. The molecule has 1 aliphatic heterocycles. The molecule has 2 heterocycles. The Morgan fingerprint density at radius 3 is 2.73 bits per heavy atom. The molecular formula is C21H29N5O4. The van der Waals surface area contributed by atoms with Gasteiger partial charge in [0.2, 0.25) is 11.8 Å². The normalized spacial score (nSPS) is 17.5. The van der Waals surface area contributed by atoms with Crippen molar-refractivity contribution in [2.45, 2.75) is 58.5 Å². The smallest absolute Gasteiger partial charge is 0.348 e. The lowest BCUT2D eigenvalue weighted by molar-refractivity contribution is -0.128. The average Bonchev–Trinajstić information content (AvgIpc) is 3.15. The zero-order valence-corrected chi connectivity index (χ0v) is 17.6. The standard InChI is InChI=1S/C21H29N5O4/c1-4-12-9-13(22)10-14-17(12)20(29)30-21(25-14)26-7-5-6-16(26)19(28)24-15(18(23)27)8-11(2)3/h9-11,15-16H,4-8,22H2,1-3H3,(H2,23,27)(H,24,28)/t15-,16-/m0/s1. The number of hydrogen-bond acceptors (Lipinski definition) is 7. The van der Waals surface area contributed by atoms with Gasteiger partial charge in [-0.05, 0) is 49.3 Å². The first-order chi connectivity index (χ1) is 14.2. The summed E-state index contributed by atoms with van der Waals surface area (Å²) in [5.41, 5.74) is 12.6. The van der Waals surface area contributed by atoms with Crippen molar-refractivity contribution in [3.05, 3.63) is 28.1 Å². The number of benzene rings is 1. The SMILES string of the molecule is CCc1cc(N)cc2nc(N3CCC[C@H]3C(=O)N[C@@H](CC(C)C)C(N)=O)oc(=O)c12. The van der Waals surface area contributed by atoms with Crippen molar-refractivity contribution in [2.24, 2.45) is 11.7 Å². The van der Waals surface area contributed by atoms with Crippen molar-refractivity contribution in [1.29, 1.82) is 0 Å². The Morgan fingerprint density at radius 1 is 1.37 bits per heavy atom. The molecule has 1 fully saturated rings. The monoisotopic (exact) mass is 415 g/mol. The predicted molar refractivity (Wildman–Crippen MR) is 115 cm³/mol. The minimum absolute atomic E-state index is 0.0808. The highest BCUT2D eigenvalue weighted by molar-refractivity contribution is 5.91. The number of aromatic nitrogens is 1. The van der Waals surface area contributed by atoms with Crippen LogP contribution in [0.5, 0.6) is 0 Å². The third kappa shape index (κ3) is 4.39. The molecule has 1 aromatic heterocycles. The first-order valence-corrected chi connectivity index (χ1v) is 10.3. The number of amides is 2. The van der Waals surface area contributed by atoms with E-state index in [0.29, 0.717) is 42.4 Å². The lowest BCUT2D eigenvalue weighted by Crippen LogP contribution is -2.51. The first-order valence-electron chi connectivity index (χ1n) is 10.3. The van der Waals surface area contributed by atoms with Crippen molar-refractivity contribution in [2.75, 3.05) is 17.2 Å². The molecular weight excluding hydrogens is 386 g/mol. The van der Waals surface area contributed by atoms with E-state index in [1.807, 2.05) is 20.8 Å². The van der Waals surface area contributed by atoms with Crippen LogP contribution in [0.2, 0.25) is 0 Å². The molecule has 1 saturated heterocycles. The topological polar surface area (TPSA) is 145 Å². The predicted octanol–water partition coefficient (Wildman–Crippen LogP) is 1.32. The summed E-state index contributed by atoms with van der Waals surface area (Å²) >= 11 is 0. The van der Waals surface area contributed by atoms with Crippen LogP contribution in [-0.4, -0.2) is 35.4 Å². The van der Waals surface area contributed by atoms with Gasteiger partial charge in [-0.3, -0.25) is 9.59 Å². The minimum Gasteiger partial charge on any atom is -0.399 e. The van der Waals surface area contributed by atoms with Gasteiger partial charge in [-0.25, -0.2) is 4.79 Å². The van der Waals surface area contributed by atoms with Crippen LogP contribution in [0, 0.1) is 5.92 Å². The van der Waals surface area contributed by atoms with E-state index in [0.717, 1.165) is 12.0 Å². The van der Waals surface area contributed by atoms with Crippen LogP contribution in [-0.2, 0) is 16.0 Å². The number of nitrogens with zero attached hydrogens (tertiary/aromatic N) is 2. The van der Waals surface area contributed by atoms with Gasteiger partial charge in [0.15, 0.2) is 0 Å². The van der Waals surface area contributed by atoms with Gasteiger partial charge in [0.1, 0.15) is 12.1 Å². The summed E-state index contributed by atoms with van der Waals surface area (Å²) < 4.78 is 5.50. The van der Waals surface area contributed by atoms with Crippen molar-refractivity contribution >= 4 is 34.4 Å². The van der Waals surface area contributed by atoms with Gasteiger partial charge in [-0.2, -0.15) is 4.98 Å². The Labute approximate surface area is 174 Å². The molecule has 0 unspecified atom stereocenters. The molecule has 162 valence electrons. The lowest BCUT2D eigenvalue weighted by Gasteiger charge is -2.25. The van der Waals surface area contributed by atoms with E-state index in [1.165, 1.54) is 0 Å². The van der Waals surface area contributed by atoms with Crippen molar-refractivity contribution in [3.63, 3.8) is 0 Å². The van der Waals surface area contributed by atoms with Gasteiger partial charge >= 0.3 is 11.6 Å². The number of anilines is 2. The number of carbonyl (C=O) groups is 2. The summed E-state index contributed by atoms with van der Waals surface area (Å²) in [5, 5.41) is 3.15. The number of hydrogen-bond donors (Lipinski definition) is 3. The average molecular weight is 415 g/mol. The van der Waals surface area contributed by atoms with Gasteiger partial charge < -0.3 is 26.1 Å². The second kappa shape index (κ2) is 8.73. The van der Waals surface area contributed by atoms with Crippen molar-refractivity contribution in [1.82, 2.24) is 10.3 Å². The fourth-order valence-corrected chi connectivity index (χ4v) is 3.95. The molecule has 0 bridgehead atoms. The van der Waals surface area contributed by atoms with E-state index in [-0.39, 0.29) is 17.8 Å². The highest BCUT2D eigenvalue weighted by Gasteiger charge is 2.35. The Hall–Kier alpha value is -3.10. The summed E-state index contributed by atoms with van der Waals surface area (Å²) in [6.45, 7) is 6.34. The molecule has 9 heteroatoms. The molecule has 9 nitrogen and oxygen atoms in total. The number of nitrogen functional groups attached to an aromatic ring is 1. The molecule has 5 N–H and O–H groups in total. The fourth-order valence-electron chi connectivity index (χ4n) is 3.95. The van der Waals surface area contributed by atoms with E-state index in [9.17, 15) is 14.4 Å². The Morgan fingerprint density at radius 2 is 2.10 bits per heavy atom. The molecule has 30 heavy (non-hydrogen) atoms. The molecule has 1 aromatic carbocycles. The van der Waals surface area contributed by atoms with Crippen LogP contribution >= 0.6 is 0 Å². The Bertz CT molecular complexity index is 1020. The summed E-state index contributed by atoms with van der Waals surface area (Å²) in [6.07, 6.45) is 2.35. The number of nitrogens with two attached hydrogens (primary N) is 2. The Kier molecular flexibility index (Phi) is 6.28. The summed E-state index contributed by atoms with van der Waals surface area (Å²) in [4.78, 5) is 43.5. The number of carbonyl (C=O) groups excluding carboxylic acids is 2. The largest absolute Gasteiger partial charge is 0.399 e. The maximum atomic E-state index is 12.9. The van der Waals surface area contributed by atoms with Crippen LogP contribution in [0.25, 0.3) is 10.9 Å². The highest BCUT2D eigenvalue weighted by atomic mass is 16.4. The van der Waals surface area contributed by atoms with Crippen LogP contribution in [0.3, 0.4) is 0 Å². The summed E-state index contributed by atoms with van der Waals surface area (Å²) in [5.74, 6) is -0.705.